The highest BCUT2D eigenvalue weighted by Gasteiger charge is 2.36. The number of rotatable bonds is 3. The molecule has 6 nitrogen and oxygen atoms in total. The zero-order chi connectivity index (χ0) is 21.6. The maximum Gasteiger partial charge on any atom is 0.200 e. The van der Waals surface area contributed by atoms with E-state index in [9.17, 15) is 19.8 Å². The number of hydrogen-bond acceptors (Lipinski definition) is 6. The first kappa shape index (κ1) is 19.5. The van der Waals surface area contributed by atoms with Gasteiger partial charge in [0.1, 0.15) is 22.8 Å². The zero-order valence-electron chi connectivity index (χ0n) is 16.8. The molecule has 0 amide bonds. The summed E-state index contributed by atoms with van der Waals surface area (Å²) in [6.45, 7) is 5.88. The first-order valence-corrected chi connectivity index (χ1v) is 9.49. The second-order valence-corrected chi connectivity index (χ2v) is 8.10. The van der Waals surface area contributed by atoms with Gasteiger partial charge in [-0.2, -0.15) is 0 Å². The maximum atomic E-state index is 13.2. The van der Waals surface area contributed by atoms with Gasteiger partial charge in [-0.3, -0.25) is 9.59 Å². The van der Waals surface area contributed by atoms with Crippen molar-refractivity contribution in [2.75, 3.05) is 5.32 Å². The van der Waals surface area contributed by atoms with Crippen LogP contribution in [0, 0.1) is 0 Å². The maximum absolute atomic E-state index is 13.2. The standard InChI is InChI=1S/C24H21NO5/c1-24(2,3)30-14-9-7-13(8-10-14)25-16-6-4-5-15-19(16)23(29)21-18(27)12-11-17(26)20(21)22(15)28/h4-12,25-27H,1-3H3. The van der Waals surface area contributed by atoms with Crippen molar-refractivity contribution < 1.29 is 24.5 Å². The van der Waals surface area contributed by atoms with Crippen LogP contribution in [-0.4, -0.2) is 27.4 Å². The van der Waals surface area contributed by atoms with Crippen LogP contribution >= 0.6 is 0 Å². The summed E-state index contributed by atoms with van der Waals surface area (Å²) in [4.78, 5) is 26.1. The molecule has 3 N–H and O–H groups in total. The second-order valence-electron chi connectivity index (χ2n) is 8.10. The third-order valence-electron chi connectivity index (χ3n) is 4.71. The third-order valence-corrected chi connectivity index (χ3v) is 4.71. The van der Waals surface area contributed by atoms with Gasteiger partial charge in [0.15, 0.2) is 11.6 Å². The van der Waals surface area contributed by atoms with Crippen LogP contribution in [0.5, 0.6) is 17.2 Å². The minimum atomic E-state index is -0.524. The van der Waals surface area contributed by atoms with Gasteiger partial charge in [-0.05, 0) is 63.2 Å². The van der Waals surface area contributed by atoms with Crippen LogP contribution < -0.4 is 10.1 Å². The molecule has 0 spiro atoms. The van der Waals surface area contributed by atoms with E-state index in [1.165, 1.54) is 18.2 Å². The molecule has 1 aliphatic carbocycles. The van der Waals surface area contributed by atoms with Gasteiger partial charge in [0.2, 0.25) is 0 Å². The first-order valence-electron chi connectivity index (χ1n) is 9.49. The van der Waals surface area contributed by atoms with Crippen molar-refractivity contribution in [1.29, 1.82) is 0 Å². The molecule has 0 aliphatic heterocycles. The molecule has 3 aromatic carbocycles. The molecular weight excluding hydrogens is 382 g/mol. The Morgan fingerprint density at radius 3 is 1.97 bits per heavy atom. The topological polar surface area (TPSA) is 95.9 Å². The van der Waals surface area contributed by atoms with E-state index in [2.05, 4.69) is 5.32 Å². The van der Waals surface area contributed by atoms with Crippen LogP contribution in [0.3, 0.4) is 0 Å². The lowest BCUT2D eigenvalue weighted by Gasteiger charge is -2.23. The number of phenolic OH excluding ortho intramolecular Hbond substituents is 2. The molecular formula is C24H21NO5. The Kier molecular flexibility index (Phi) is 4.50. The average Bonchev–Trinajstić information content (AvgIpc) is 2.68. The number of fused-ring (bicyclic) bond motifs is 2. The summed E-state index contributed by atoms with van der Waals surface area (Å²) in [6.07, 6.45) is 0. The first-order chi connectivity index (χ1) is 14.2. The number of ketones is 2. The lowest BCUT2D eigenvalue weighted by molar-refractivity contribution is 0.0974. The van der Waals surface area contributed by atoms with Gasteiger partial charge < -0.3 is 20.3 Å². The van der Waals surface area contributed by atoms with Crippen LogP contribution in [0.4, 0.5) is 11.4 Å². The average molecular weight is 403 g/mol. The minimum absolute atomic E-state index is 0.158. The number of aromatic hydroxyl groups is 2. The number of anilines is 2. The molecule has 0 atom stereocenters. The quantitative estimate of drug-likeness (QED) is 0.426. The number of nitrogens with one attached hydrogen (secondary N) is 1. The highest BCUT2D eigenvalue weighted by atomic mass is 16.5. The summed E-state index contributed by atoms with van der Waals surface area (Å²) in [5.74, 6) is -0.997. The molecule has 30 heavy (non-hydrogen) atoms. The van der Waals surface area contributed by atoms with Crippen LogP contribution in [0.1, 0.15) is 52.6 Å². The SMILES string of the molecule is CC(C)(C)Oc1ccc(Nc2cccc3c2C(=O)c2c(O)ccc(O)c2C3=O)cc1. The van der Waals surface area contributed by atoms with Crippen LogP contribution in [0.25, 0.3) is 0 Å². The van der Waals surface area contributed by atoms with E-state index in [0.29, 0.717) is 17.1 Å². The fourth-order valence-electron chi connectivity index (χ4n) is 3.51. The van der Waals surface area contributed by atoms with Crippen molar-refractivity contribution in [2.24, 2.45) is 0 Å². The fraction of sp³-hybridized carbons (Fsp3) is 0.167. The van der Waals surface area contributed by atoms with Gasteiger partial charge in [0, 0.05) is 11.3 Å². The summed E-state index contributed by atoms with van der Waals surface area (Å²) in [7, 11) is 0. The van der Waals surface area contributed by atoms with Gasteiger partial charge in [-0.15, -0.1) is 0 Å². The molecule has 0 radical (unpaired) electrons. The largest absolute Gasteiger partial charge is 0.507 e. The zero-order valence-corrected chi connectivity index (χ0v) is 16.8. The lowest BCUT2D eigenvalue weighted by Crippen LogP contribution is -2.23. The Hall–Kier alpha value is -3.80. The van der Waals surface area contributed by atoms with E-state index >= 15 is 0 Å². The van der Waals surface area contributed by atoms with Crippen LogP contribution in [0.15, 0.2) is 54.6 Å². The molecule has 1 aliphatic rings. The van der Waals surface area contributed by atoms with E-state index in [1.807, 2.05) is 45.0 Å². The molecule has 152 valence electrons. The smallest absolute Gasteiger partial charge is 0.200 e. The molecule has 0 fully saturated rings. The summed E-state index contributed by atoms with van der Waals surface area (Å²) in [6, 6.07) is 14.5. The van der Waals surface area contributed by atoms with Gasteiger partial charge in [-0.1, -0.05) is 12.1 Å². The Labute approximate surface area is 173 Å². The lowest BCUT2D eigenvalue weighted by atomic mass is 9.82. The number of phenols is 2. The van der Waals surface area contributed by atoms with E-state index in [0.717, 1.165) is 0 Å². The van der Waals surface area contributed by atoms with E-state index < -0.39 is 11.6 Å². The third kappa shape index (κ3) is 3.37. The molecule has 4 rings (SSSR count). The van der Waals surface area contributed by atoms with Crippen LogP contribution in [0.2, 0.25) is 0 Å². The van der Waals surface area contributed by atoms with Crippen molar-refractivity contribution >= 4 is 22.9 Å². The summed E-state index contributed by atoms with van der Waals surface area (Å²) < 4.78 is 5.81. The molecule has 0 unspecified atom stereocenters. The Morgan fingerprint density at radius 1 is 0.767 bits per heavy atom. The molecule has 0 bridgehead atoms. The van der Waals surface area contributed by atoms with Crippen molar-refractivity contribution in [3.05, 3.63) is 76.9 Å². The molecule has 3 aromatic rings. The normalized spacial score (nSPS) is 12.9. The van der Waals surface area contributed by atoms with Crippen molar-refractivity contribution in [1.82, 2.24) is 0 Å². The number of benzene rings is 3. The molecule has 0 aromatic heterocycles. The van der Waals surface area contributed by atoms with E-state index in [4.69, 9.17) is 4.74 Å². The van der Waals surface area contributed by atoms with Gasteiger partial charge in [-0.25, -0.2) is 0 Å². The number of hydrogen-bond donors (Lipinski definition) is 3. The summed E-state index contributed by atoms with van der Waals surface area (Å²) in [5, 5.41) is 23.4. The van der Waals surface area contributed by atoms with Crippen molar-refractivity contribution in [3.8, 4) is 17.2 Å². The van der Waals surface area contributed by atoms with Crippen molar-refractivity contribution in [3.63, 3.8) is 0 Å². The predicted octanol–water partition coefficient (Wildman–Crippen LogP) is 4.79. The number of carbonyl (C=O) groups is 2. The summed E-state index contributed by atoms with van der Waals surface area (Å²) >= 11 is 0. The second kappa shape index (κ2) is 6.91. The van der Waals surface area contributed by atoms with Crippen molar-refractivity contribution in [2.45, 2.75) is 26.4 Å². The van der Waals surface area contributed by atoms with Gasteiger partial charge in [0.25, 0.3) is 0 Å². The fourth-order valence-corrected chi connectivity index (χ4v) is 3.51. The minimum Gasteiger partial charge on any atom is -0.507 e. The van der Waals surface area contributed by atoms with Gasteiger partial charge >= 0.3 is 0 Å². The van der Waals surface area contributed by atoms with E-state index in [1.54, 1.807) is 12.1 Å². The highest BCUT2D eigenvalue weighted by molar-refractivity contribution is 6.32. The molecule has 6 heteroatoms. The summed E-state index contributed by atoms with van der Waals surface area (Å²) in [5.41, 5.74) is 0.793. The highest BCUT2D eigenvalue weighted by Crippen LogP contribution is 2.40. The molecule has 0 heterocycles. The Morgan fingerprint density at radius 2 is 1.37 bits per heavy atom. The molecule has 0 saturated heterocycles. The Balaban J connectivity index is 1.73. The Bertz CT molecular complexity index is 1170. The van der Waals surface area contributed by atoms with Gasteiger partial charge in [0.05, 0.1) is 22.4 Å². The number of carbonyl (C=O) groups excluding carboxylic acids is 2. The molecule has 0 saturated carbocycles. The predicted molar refractivity (Wildman–Crippen MR) is 113 cm³/mol. The van der Waals surface area contributed by atoms with Crippen LogP contribution in [-0.2, 0) is 0 Å². The monoisotopic (exact) mass is 403 g/mol. The van der Waals surface area contributed by atoms with E-state index in [-0.39, 0.29) is 39.4 Å². The number of ether oxygens (including phenoxy) is 1.